The third kappa shape index (κ3) is 6.95. The van der Waals surface area contributed by atoms with Gasteiger partial charge in [0, 0.05) is 13.1 Å². The molecule has 2 rings (SSSR count). The first-order chi connectivity index (χ1) is 13.5. The van der Waals surface area contributed by atoms with Gasteiger partial charge in [-0.1, -0.05) is 42.8 Å². The van der Waals surface area contributed by atoms with Crippen LogP contribution in [0.5, 0.6) is 11.5 Å². The molecule has 6 nitrogen and oxygen atoms in total. The third-order valence-corrected chi connectivity index (χ3v) is 4.17. The Bertz CT molecular complexity index is 805. The second-order valence-corrected chi connectivity index (χ2v) is 6.51. The van der Waals surface area contributed by atoms with Crippen molar-refractivity contribution in [2.75, 3.05) is 26.3 Å². The van der Waals surface area contributed by atoms with E-state index in [0.717, 1.165) is 28.9 Å². The number of nitrogens with one attached hydrogen (secondary N) is 2. The predicted octanol–water partition coefficient (Wildman–Crippen LogP) is 2.56. The molecule has 6 heteroatoms. The van der Waals surface area contributed by atoms with E-state index in [2.05, 4.69) is 10.6 Å². The van der Waals surface area contributed by atoms with Gasteiger partial charge in [0.25, 0.3) is 11.8 Å². The maximum Gasteiger partial charge on any atom is 0.258 e. The van der Waals surface area contributed by atoms with E-state index < -0.39 is 0 Å². The summed E-state index contributed by atoms with van der Waals surface area (Å²) in [5, 5.41) is 5.43. The lowest BCUT2D eigenvalue weighted by Crippen LogP contribution is -2.38. The topological polar surface area (TPSA) is 76.7 Å². The van der Waals surface area contributed by atoms with Gasteiger partial charge in [-0.15, -0.1) is 0 Å². The Labute approximate surface area is 166 Å². The Hall–Kier alpha value is -3.02. The van der Waals surface area contributed by atoms with E-state index in [-0.39, 0.29) is 25.0 Å². The van der Waals surface area contributed by atoms with Crippen LogP contribution in [-0.4, -0.2) is 38.1 Å². The third-order valence-electron chi connectivity index (χ3n) is 4.17. The van der Waals surface area contributed by atoms with Crippen LogP contribution in [-0.2, 0) is 16.0 Å². The summed E-state index contributed by atoms with van der Waals surface area (Å²) >= 11 is 0. The Morgan fingerprint density at radius 1 is 0.857 bits per heavy atom. The maximum absolute atomic E-state index is 11.9. The maximum atomic E-state index is 11.9. The molecule has 0 bridgehead atoms. The zero-order chi connectivity index (χ0) is 20.4. The molecule has 2 amide bonds. The molecule has 0 saturated heterocycles. The Balaban J connectivity index is 1.61. The molecular formula is C22H28N2O4. The smallest absolute Gasteiger partial charge is 0.258 e. The number of hydrogen-bond acceptors (Lipinski definition) is 4. The second kappa shape index (κ2) is 11.0. The molecule has 0 unspecified atom stereocenters. The van der Waals surface area contributed by atoms with Crippen molar-refractivity contribution >= 4 is 11.8 Å². The van der Waals surface area contributed by atoms with Crippen molar-refractivity contribution in [3.63, 3.8) is 0 Å². The minimum absolute atomic E-state index is 0.0548. The first-order valence-electron chi connectivity index (χ1n) is 9.43. The minimum atomic E-state index is -0.234. The molecule has 0 saturated carbocycles. The van der Waals surface area contributed by atoms with E-state index in [1.54, 1.807) is 0 Å². The predicted molar refractivity (Wildman–Crippen MR) is 109 cm³/mol. The number of amides is 2. The lowest BCUT2D eigenvalue weighted by molar-refractivity contribution is -0.124. The monoisotopic (exact) mass is 384 g/mol. The molecule has 0 radical (unpaired) electrons. The van der Waals surface area contributed by atoms with Crippen molar-refractivity contribution < 1.29 is 19.1 Å². The summed E-state index contributed by atoms with van der Waals surface area (Å²) in [5.41, 5.74) is 3.20. The van der Waals surface area contributed by atoms with Crippen LogP contribution in [0.4, 0.5) is 0 Å². The summed E-state index contributed by atoms with van der Waals surface area (Å²) in [7, 11) is 0. The van der Waals surface area contributed by atoms with Crippen LogP contribution in [0, 0.1) is 13.8 Å². The van der Waals surface area contributed by atoms with E-state index in [1.807, 2.05) is 63.2 Å². The Kier molecular flexibility index (Phi) is 8.34. The fourth-order valence-corrected chi connectivity index (χ4v) is 2.69. The quantitative estimate of drug-likeness (QED) is 0.617. The molecule has 0 spiro atoms. The van der Waals surface area contributed by atoms with E-state index in [4.69, 9.17) is 9.47 Å². The van der Waals surface area contributed by atoms with Crippen LogP contribution in [0.25, 0.3) is 0 Å². The van der Waals surface area contributed by atoms with Crippen molar-refractivity contribution in [1.82, 2.24) is 10.6 Å². The van der Waals surface area contributed by atoms with Crippen LogP contribution >= 0.6 is 0 Å². The van der Waals surface area contributed by atoms with Gasteiger partial charge in [-0.25, -0.2) is 0 Å². The molecule has 0 aliphatic rings. The van der Waals surface area contributed by atoms with Crippen molar-refractivity contribution in [1.29, 1.82) is 0 Å². The van der Waals surface area contributed by atoms with Crippen molar-refractivity contribution in [3.8, 4) is 11.5 Å². The largest absolute Gasteiger partial charge is 0.484 e. The Morgan fingerprint density at radius 2 is 1.46 bits per heavy atom. The van der Waals surface area contributed by atoms with Gasteiger partial charge < -0.3 is 20.1 Å². The highest BCUT2D eigenvalue weighted by molar-refractivity contribution is 5.78. The number of para-hydroxylation sites is 1. The zero-order valence-corrected chi connectivity index (χ0v) is 16.7. The van der Waals surface area contributed by atoms with E-state index in [0.29, 0.717) is 18.8 Å². The van der Waals surface area contributed by atoms with Gasteiger partial charge >= 0.3 is 0 Å². The average Bonchev–Trinajstić information content (AvgIpc) is 2.69. The van der Waals surface area contributed by atoms with Crippen LogP contribution in [0.3, 0.4) is 0 Å². The molecule has 0 aromatic heterocycles. The van der Waals surface area contributed by atoms with Gasteiger partial charge in [0.1, 0.15) is 11.5 Å². The van der Waals surface area contributed by atoms with Crippen molar-refractivity contribution in [3.05, 3.63) is 59.2 Å². The average molecular weight is 384 g/mol. The minimum Gasteiger partial charge on any atom is -0.484 e. The number of benzene rings is 2. The molecular weight excluding hydrogens is 356 g/mol. The first-order valence-corrected chi connectivity index (χ1v) is 9.43. The number of hydrogen-bond donors (Lipinski definition) is 2. The fraction of sp³-hybridized carbons (Fsp3) is 0.364. The summed E-state index contributed by atoms with van der Waals surface area (Å²) in [6.07, 6.45) is 0.841. The van der Waals surface area contributed by atoms with Crippen LogP contribution in [0.1, 0.15) is 23.6 Å². The van der Waals surface area contributed by atoms with E-state index in [1.165, 1.54) is 0 Å². The SMILES string of the molecule is CCc1ccccc1OCC(=O)NCCNC(=O)COc1ccc(C)cc1C. The summed E-state index contributed by atoms with van der Waals surface area (Å²) in [6.45, 7) is 6.52. The fourth-order valence-electron chi connectivity index (χ4n) is 2.69. The lowest BCUT2D eigenvalue weighted by Gasteiger charge is -2.11. The molecule has 2 aromatic carbocycles. The first kappa shape index (κ1) is 21.3. The zero-order valence-electron chi connectivity index (χ0n) is 16.7. The summed E-state index contributed by atoms with van der Waals surface area (Å²) in [5.74, 6) is 0.949. The standard InChI is InChI=1S/C22H28N2O4/c1-4-18-7-5-6-8-20(18)28-15-22(26)24-12-11-23-21(25)14-27-19-10-9-16(2)13-17(19)3/h5-10,13H,4,11-12,14-15H2,1-3H3,(H,23,25)(H,24,26). The van der Waals surface area contributed by atoms with Crippen molar-refractivity contribution in [2.45, 2.75) is 27.2 Å². The number of ether oxygens (including phenoxy) is 2. The number of carbonyl (C=O) groups is 2. The van der Waals surface area contributed by atoms with Gasteiger partial charge in [-0.2, -0.15) is 0 Å². The summed E-state index contributed by atoms with van der Waals surface area (Å²) in [4.78, 5) is 23.7. The Morgan fingerprint density at radius 3 is 2.07 bits per heavy atom. The molecule has 28 heavy (non-hydrogen) atoms. The number of rotatable bonds is 10. The lowest BCUT2D eigenvalue weighted by atomic mass is 10.1. The van der Waals surface area contributed by atoms with Crippen molar-refractivity contribution in [2.24, 2.45) is 0 Å². The highest BCUT2D eigenvalue weighted by Gasteiger charge is 2.07. The molecule has 150 valence electrons. The van der Waals surface area contributed by atoms with Crippen LogP contribution in [0.15, 0.2) is 42.5 Å². The number of carbonyl (C=O) groups excluding carboxylic acids is 2. The second-order valence-electron chi connectivity index (χ2n) is 6.51. The molecule has 2 N–H and O–H groups in total. The van der Waals surface area contributed by atoms with Gasteiger partial charge in [0.15, 0.2) is 13.2 Å². The van der Waals surface area contributed by atoms with Gasteiger partial charge in [0.2, 0.25) is 0 Å². The van der Waals surface area contributed by atoms with Crippen LogP contribution < -0.4 is 20.1 Å². The summed E-state index contributed by atoms with van der Waals surface area (Å²) < 4.78 is 11.1. The van der Waals surface area contributed by atoms with Crippen LogP contribution in [0.2, 0.25) is 0 Å². The van der Waals surface area contributed by atoms with Gasteiger partial charge in [-0.3, -0.25) is 9.59 Å². The summed E-state index contributed by atoms with van der Waals surface area (Å²) in [6, 6.07) is 13.4. The number of aryl methyl sites for hydroxylation is 3. The molecule has 0 aliphatic carbocycles. The molecule has 0 heterocycles. The van der Waals surface area contributed by atoms with E-state index >= 15 is 0 Å². The molecule has 0 fully saturated rings. The van der Waals surface area contributed by atoms with E-state index in [9.17, 15) is 9.59 Å². The highest BCUT2D eigenvalue weighted by atomic mass is 16.5. The molecule has 0 atom stereocenters. The molecule has 0 aliphatic heterocycles. The highest BCUT2D eigenvalue weighted by Crippen LogP contribution is 2.19. The normalized spacial score (nSPS) is 10.2. The van der Waals surface area contributed by atoms with Gasteiger partial charge in [0.05, 0.1) is 0 Å². The molecule has 2 aromatic rings. The van der Waals surface area contributed by atoms with Gasteiger partial charge in [-0.05, 0) is 43.5 Å².